The van der Waals surface area contributed by atoms with Gasteiger partial charge < -0.3 is 10.0 Å². The van der Waals surface area contributed by atoms with Gasteiger partial charge in [-0.2, -0.15) is 0 Å². The number of hydrogen-bond donors (Lipinski definition) is 1. The van der Waals surface area contributed by atoms with E-state index in [1.54, 1.807) is 0 Å². The number of nitrogens with zero attached hydrogens (tertiary/aromatic N) is 2. The zero-order chi connectivity index (χ0) is 15.0. The molecule has 1 rings (SSSR count). The lowest BCUT2D eigenvalue weighted by Crippen LogP contribution is -2.32. The maximum Gasteiger partial charge on any atom is 0.307 e. The van der Waals surface area contributed by atoms with Gasteiger partial charge in [-0.3, -0.25) is 9.69 Å². The molecule has 0 atom stereocenters. The zero-order valence-electron chi connectivity index (χ0n) is 12.8. The molecule has 112 valence electrons. The van der Waals surface area contributed by atoms with Crippen molar-refractivity contribution in [2.45, 2.75) is 26.3 Å². The van der Waals surface area contributed by atoms with E-state index in [1.165, 1.54) is 5.56 Å². The van der Waals surface area contributed by atoms with Crippen LogP contribution in [0.15, 0.2) is 24.3 Å². The van der Waals surface area contributed by atoms with Gasteiger partial charge in [0.2, 0.25) is 0 Å². The molecule has 0 aliphatic carbocycles. The summed E-state index contributed by atoms with van der Waals surface area (Å²) in [6.45, 7) is 6.31. The highest BCUT2D eigenvalue weighted by Crippen LogP contribution is 2.09. The summed E-state index contributed by atoms with van der Waals surface area (Å²) in [5, 5.41) is 8.76. The van der Waals surface area contributed by atoms with E-state index in [0.29, 0.717) is 0 Å². The van der Waals surface area contributed by atoms with E-state index in [2.05, 4.69) is 30.8 Å². The van der Waals surface area contributed by atoms with Gasteiger partial charge in [0.25, 0.3) is 0 Å². The molecular weight excluding hydrogens is 252 g/mol. The Morgan fingerprint density at radius 3 is 2.15 bits per heavy atom. The van der Waals surface area contributed by atoms with Crippen molar-refractivity contribution in [1.29, 1.82) is 0 Å². The van der Waals surface area contributed by atoms with Crippen LogP contribution < -0.4 is 0 Å². The van der Waals surface area contributed by atoms with Gasteiger partial charge in [0, 0.05) is 19.6 Å². The summed E-state index contributed by atoms with van der Waals surface area (Å²) < 4.78 is 0. The van der Waals surface area contributed by atoms with Crippen LogP contribution in [0, 0.1) is 0 Å². The number of aliphatic carboxylic acids is 1. The third kappa shape index (κ3) is 6.68. The van der Waals surface area contributed by atoms with Crippen molar-refractivity contribution in [3.63, 3.8) is 0 Å². The van der Waals surface area contributed by atoms with Crippen LogP contribution in [-0.4, -0.2) is 54.6 Å². The van der Waals surface area contributed by atoms with Crippen LogP contribution in [0.4, 0.5) is 0 Å². The van der Waals surface area contributed by atoms with E-state index in [-0.39, 0.29) is 6.42 Å². The Labute approximate surface area is 122 Å². The molecule has 1 aromatic carbocycles. The van der Waals surface area contributed by atoms with Crippen molar-refractivity contribution in [1.82, 2.24) is 9.80 Å². The first-order valence-electron chi connectivity index (χ1n) is 7.18. The van der Waals surface area contributed by atoms with Gasteiger partial charge in [-0.05, 0) is 38.2 Å². The van der Waals surface area contributed by atoms with Crippen LogP contribution >= 0.6 is 0 Å². The molecule has 4 heteroatoms. The lowest BCUT2D eigenvalue weighted by Gasteiger charge is -2.23. The summed E-state index contributed by atoms with van der Waals surface area (Å²) in [6.07, 6.45) is 1.24. The fraction of sp³-hybridized carbons (Fsp3) is 0.562. The van der Waals surface area contributed by atoms with E-state index in [9.17, 15) is 4.79 Å². The molecule has 0 aromatic heterocycles. The number of carboxylic acid groups (broad SMARTS) is 1. The Morgan fingerprint density at radius 2 is 1.65 bits per heavy atom. The predicted octanol–water partition coefficient (Wildman–Crippen LogP) is 2.09. The van der Waals surface area contributed by atoms with E-state index < -0.39 is 5.97 Å². The number of hydrogen-bond acceptors (Lipinski definition) is 3. The van der Waals surface area contributed by atoms with Gasteiger partial charge in [-0.1, -0.05) is 31.2 Å². The van der Waals surface area contributed by atoms with Crippen LogP contribution in [0.5, 0.6) is 0 Å². The summed E-state index contributed by atoms with van der Waals surface area (Å²) in [4.78, 5) is 15.3. The second-order valence-corrected chi connectivity index (χ2v) is 5.47. The van der Waals surface area contributed by atoms with E-state index >= 15 is 0 Å². The Balaban J connectivity index is 2.56. The Hall–Kier alpha value is -1.39. The van der Waals surface area contributed by atoms with E-state index in [1.807, 2.05) is 24.3 Å². The topological polar surface area (TPSA) is 43.8 Å². The Kier molecular flexibility index (Phi) is 7.26. The molecule has 0 heterocycles. The molecule has 20 heavy (non-hydrogen) atoms. The summed E-state index contributed by atoms with van der Waals surface area (Å²) >= 11 is 0. The largest absolute Gasteiger partial charge is 0.481 e. The van der Waals surface area contributed by atoms with Crippen molar-refractivity contribution in [2.75, 3.05) is 33.7 Å². The standard InChI is InChI=1S/C16H26N2O2/c1-4-9-18(11-10-17(2)3)13-15-7-5-14(6-8-15)12-16(19)20/h5-8H,4,9-13H2,1-3H3,(H,19,20). The van der Waals surface area contributed by atoms with Crippen molar-refractivity contribution < 1.29 is 9.90 Å². The van der Waals surface area contributed by atoms with Crippen LogP contribution in [0.1, 0.15) is 24.5 Å². The van der Waals surface area contributed by atoms with Crippen LogP contribution in [0.3, 0.4) is 0 Å². The first-order valence-corrected chi connectivity index (χ1v) is 7.18. The lowest BCUT2D eigenvalue weighted by atomic mass is 10.1. The molecule has 0 amide bonds. The lowest BCUT2D eigenvalue weighted by molar-refractivity contribution is -0.136. The molecule has 0 saturated carbocycles. The molecule has 0 aliphatic rings. The Morgan fingerprint density at radius 1 is 1.05 bits per heavy atom. The molecule has 0 bridgehead atoms. The predicted molar refractivity (Wildman–Crippen MR) is 81.9 cm³/mol. The normalized spacial score (nSPS) is 11.2. The Bertz CT molecular complexity index is 401. The first kappa shape index (κ1) is 16.7. The average molecular weight is 278 g/mol. The fourth-order valence-electron chi connectivity index (χ4n) is 2.12. The SMILES string of the molecule is CCCN(CCN(C)C)Cc1ccc(CC(=O)O)cc1. The number of likely N-dealkylation sites (N-methyl/N-ethyl adjacent to an activating group) is 1. The molecule has 0 fully saturated rings. The van der Waals surface area contributed by atoms with Crippen molar-refractivity contribution in [3.8, 4) is 0 Å². The fourth-order valence-corrected chi connectivity index (χ4v) is 2.12. The van der Waals surface area contributed by atoms with E-state index in [4.69, 9.17) is 5.11 Å². The van der Waals surface area contributed by atoms with Gasteiger partial charge in [0.15, 0.2) is 0 Å². The average Bonchev–Trinajstić information content (AvgIpc) is 2.38. The third-order valence-corrected chi connectivity index (χ3v) is 3.19. The monoisotopic (exact) mass is 278 g/mol. The third-order valence-electron chi connectivity index (χ3n) is 3.19. The smallest absolute Gasteiger partial charge is 0.307 e. The minimum absolute atomic E-state index is 0.0968. The molecule has 0 radical (unpaired) electrons. The maximum atomic E-state index is 10.7. The highest BCUT2D eigenvalue weighted by atomic mass is 16.4. The number of benzene rings is 1. The minimum atomic E-state index is -0.781. The highest BCUT2D eigenvalue weighted by molar-refractivity contribution is 5.70. The second kappa shape index (κ2) is 8.72. The molecule has 0 aliphatic heterocycles. The molecule has 1 aromatic rings. The molecule has 0 saturated heterocycles. The first-order chi connectivity index (χ1) is 9.51. The quantitative estimate of drug-likeness (QED) is 0.751. The highest BCUT2D eigenvalue weighted by Gasteiger charge is 2.06. The molecular formula is C16H26N2O2. The van der Waals surface area contributed by atoms with Crippen LogP contribution in [0.2, 0.25) is 0 Å². The molecule has 0 spiro atoms. The minimum Gasteiger partial charge on any atom is -0.481 e. The maximum absolute atomic E-state index is 10.7. The number of carboxylic acids is 1. The number of carbonyl (C=O) groups is 1. The van der Waals surface area contributed by atoms with Gasteiger partial charge in [0.1, 0.15) is 0 Å². The molecule has 4 nitrogen and oxygen atoms in total. The van der Waals surface area contributed by atoms with Gasteiger partial charge in [0.05, 0.1) is 6.42 Å². The summed E-state index contributed by atoms with van der Waals surface area (Å²) in [5.74, 6) is -0.781. The van der Waals surface area contributed by atoms with Crippen LogP contribution in [0.25, 0.3) is 0 Å². The van der Waals surface area contributed by atoms with Gasteiger partial charge >= 0.3 is 5.97 Å². The van der Waals surface area contributed by atoms with Gasteiger partial charge in [-0.25, -0.2) is 0 Å². The second-order valence-electron chi connectivity index (χ2n) is 5.47. The summed E-state index contributed by atoms with van der Waals surface area (Å²) in [6, 6.07) is 7.91. The molecule has 0 unspecified atom stereocenters. The van der Waals surface area contributed by atoms with Gasteiger partial charge in [-0.15, -0.1) is 0 Å². The van der Waals surface area contributed by atoms with Crippen LogP contribution in [-0.2, 0) is 17.8 Å². The summed E-state index contributed by atoms with van der Waals surface area (Å²) in [5.41, 5.74) is 2.10. The molecule has 1 N–H and O–H groups in total. The van der Waals surface area contributed by atoms with Crippen molar-refractivity contribution in [2.24, 2.45) is 0 Å². The number of rotatable bonds is 9. The van der Waals surface area contributed by atoms with E-state index in [0.717, 1.165) is 38.2 Å². The van der Waals surface area contributed by atoms with Crippen molar-refractivity contribution in [3.05, 3.63) is 35.4 Å². The zero-order valence-corrected chi connectivity index (χ0v) is 12.8. The summed E-state index contributed by atoms with van der Waals surface area (Å²) in [7, 11) is 4.18. The van der Waals surface area contributed by atoms with Crippen molar-refractivity contribution >= 4 is 5.97 Å².